The minimum Gasteiger partial charge on any atom is -0.426 e. The lowest BCUT2D eigenvalue weighted by molar-refractivity contribution is -0.132. The Morgan fingerprint density at radius 3 is 2.67 bits per heavy atom. The summed E-state index contributed by atoms with van der Waals surface area (Å²) in [6.45, 7) is 1.22. The largest absolute Gasteiger partial charge is 0.426 e. The molecule has 2 N–H and O–H groups in total. The number of amides is 1. The Morgan fingerprint density at radius 1 is 1.47 bits per heavy atom. The minimum absolute atomic E-state index is 0.155. The second-order valence-electron chi connectivity index (χ2n) is 2.99. The summed E-state index contributed by atoms with van der Waals surface area (Å²) in [7, 11) is 0. The smallest absolute Gasteiger partial charge is 0.308 e. The summed E-state index contributed by atoms with van der Waals surface area (Å²) in [4.78, 5) is 21.4. The van der Waals surface area contributed by atoms with Crippen LogP contribution in [0.4, 0.5) is 4.39 Å². The number of esters is 1. The molecule has 0 bridgehead atoms. The second kappa shape index (κ2) is 4.54. The Hall–Kier alpha value is -1.91. The van der Waals surface area contributed by atoms with E-state index in [9.17, 15) is 14.0 Å². The molecular weight excluding hydrogens is 201 g/mol. The molecule has 1 amide bonds. The molecule has 0 unspecified atom stereocenters. The highest BCUT2D eigenvalue weighted by Crippen LogP contribution is 2.20. The Morgan fingerprint density at radius 2 is 2.13 bits per heavy atom. The molecule has 1 rings (SSSR count). The molecule has 1 aromatic rings. The number of hydrogen-bond acceptors (Lipinski definition) is 3. The molecule has 0 aliphatic carbocycles. The summed E-state index contributed by atoms with van der Waals surface area (Å²) in [5.74, 6) is -1.51. The van der Waals surface area contributed by atoms with E-state index in [0.29, 0.717) is 0 Å². The molecule has 4 nitrogen and oxygen atoms in total. The van der Waals surface area contributed by atoms with Gasteiger partial charge in [-0.2, -0.15) is 0 Å². The van der Waals surface area contributed by atoms with Crippen LogP contribution in [0.3, 0.4) is 0 Å². The number of carbonyl (C=O) groups is 2. The molecule has 5 heteroatoms. The number of rotatable bonds is 3. The Labute approximate surface area is 85.8 Å². The van der Waals surface area contributed by atoms with Crippen molar-refractivity contribution in [1.82, 2.24) is 0 Å². The Kier molecular flexibility index (Phi) is 3.38. The summed E-state index contributed by atoms with van der Waals surface area (Å²) in [5.41, 5.74) is 5.23. The van der Waals surface area contributed by atoms with E-state index in [-0.39, 0.29) is 17.7 Å². The van der Waals surface area contributed by atoms with Crippen LogP contribution in [0.1, 0.15) is 12.5 Å². The van der Waals surface area contributed by atoms with E-state index in [0.717, 1.165) is 12.1 Å². The van der Waals surface area contributed by atoms with Gasteiger partial charge in [0.2, 0.25) is 5.91 Å². The maximum atomic E-state index is 12.8. The average Bonchev–Trinajstić information content (AvgIpc) is 2.08. The summed E-state index contributed by atoms with van der Waals surface area (Å²) in [5, 5.41) is 0. The highest BCUT2D eigenvalue weighted by molar-refractivity contribution is 5.78. The van der Waals surface area contributed by atoms with Gasteiger partial charge in [-0.1, -0.05) is 0 Å². The molecular formula is C10H10FNO3. The van der Waals surface area contributed by atoms with Gasteiger partial charge in [0.1, 0.15) is 11.6 Å². The van der Waals surface area contributed by atoms with Crippen molar-refractivity contribution in [2.45, 2.75) is 13.3 Å². The minimum atomic E-state index is -0.617. The average molecular weight is 211 g/mol. The van der Waals surface area contributed by atoms with Crippen LogP contribution >= 0.6 is 0 Å². The van der Waals surface area contributed by atoms with Gasteiger partial charge < -0.3 is 10.5 Å². The lowest BCUT2D eigenvalue weighted by atomic mass is 10.1. The van der Waals surface area contributed by atoms with Gasteiger partial charge in [0, 0.05) is 12.5 Å². The second-order valence-corrected chi connectivity index (χ2v) is 2.99. The summed E-state index contributed by atoms with van der Waals surface area (Å²) >= 11 is 0. The van der Waals surface area contributed by atoms with Gasteiger partial charge in [-0.25, -0.2) is 4.39 Å². The van der Waals surface area contributed by atoms with Gasteiger partial charge in [-0.15, -0.1) is 0 Å². The van der Waals surface area contributed by atoms with Crippen LogP contribution < -0.4 is 10.5 Å². The van der Waals surface area contributed by atoms with Crippen molar-refractivity contribution in [3.63, 3.8) is 0 Å². The van der Waals surface area contributed by atoms with Gasteiger partial charge in [0.25, 0.3) is 0 Å². The number of primary amides is 1. The molecule has 15 heavy (non-hydrogen) atoms. The van der Waals surface area contributed by atoms with Gasteiger partial charge in [0.05, 0.1) is 6.42 Å². The molecule has 0 saturated heterocycles. The third-order valence-corrected chi connectivity index (χ3v) is 1.64. The van der Waals surface area contributed by atoms with Crippen LogP contribution in [-0.4, -0.2) is 11.9 Å². The number of carbonyl (C=O) groups excluding carboxylic acids is 2. The predicted octanol–water partition coefficient (Wildman–Crippen LogP) is 0.779. The molecule has 1 aromatic carbocycles. The fourth-order valence-corrected chi connectivity index (χ4v) is 1.13. The van der Waals surface area contributed by atoms with Gasteiger partial charge in [-0.3, -0.25) is 9.59 Å². The molecule has 0 aliphatic heterocycles. The van der Waals surface area contributed by atoms with Crippen molar-refractivity contribution in [2.24, 2.45) is 5.73 Å². The van der Waals surface area contributed by atoms with Gasteiger partial charge in [0.15, 0.2) is 0 Å². The van der Waals surface area contributed by atoms with E-state index < -0.39 is 17.7 Å². The predicted molar refractivity (Wildman–Crippen MR) is 50.6 cm³/mol. The number of ether oxygens (including phenoxy) is 1. The first-order chi connectivity index (χ1) is 6.99. The number of halogens is 1. The summed E-state index contributed by atoms with van der Waals surface area (Å²) in [6.07, 6.45) is -0.166. The quantitative estimate of drug-likeness (QED) is 0.593. The topological polar surface area (TPSA) is 69.4 Å². The van der Waals surface area contributed by atoms with E-state index in [1.807, 2.05) is 0 Å². The van der Waals surface area contributed by atoms with Crippen molar-refractivity contribution >= 4 is 11.9 Å². The van der Waals surface area contributed by atoms with E-state index in [4.69, 9.17) is 10.5 Å². The van der Waals surface area contributed by atoms with E-state index in [2.05, 4.69) is 0 Å². The van der Waals surface area contributed by atoms with Crippen LogP contribution in [-0.2, 0) is 16.0 Å². The first-order valence-electron chi connectivity index (χ1n) is 4.24. The van der Waals surface area contributed by atoms with Crippen LogP contribution in [0.25, 0.3) is 0 Å². The van der Waals surface area contributed by atoms with Crippen molar-refractivity contribution in [3.05, 3.63) is 29.6 Å². The van der Waals surface area contributed by atoms with Crippen LogP contribution in [0.5, 0.6) is 5.75 Å². The summed E-state index contributed by atoms with van der Waals surface area (Å²) in [6, 6.07) is 3.54. The van der Waals surface area contributed by atoms with Crippen LogP contribution in [0.2, 0.25) is 0 Å². The Balaban J connectivity index is 3.02. The lowest BCUT2D eigenvalue weighted by Gasteiger charge is -2.07. The van der Waals surface area contributed by atoms with E-state index >= 15 is 0 Å². The zero-order chi connectivity index (χ0) is 11.4. The maximum absolute atomic E-state index is 12.8. The fourth-order valence-electron chi connectivity index (χ4n) is 1.13. The monoisotopic (exact) mass is 211 g/mol. The van der Waals surface area contributed by atoms with E-state index in [1.165, 1.54) is 13.0 Å². The molecule has 0 heterocycles. The first-order valence-corrected chi connectivity index (χ1v) is 4.24. The molecule has 0 atom stereocenters. The molecule has 0 aromatic heterocycles. The molecule has 0 radical (unpaired) electrons. The van der Waals surface area contributed by atoms with Gasteiger partial charge in [-0.05, 0) is 18.2 Å². The zero-order valence-electron chi connectivity index (χ0n) is 8.12. The molecule has 0 aliphatic rings. The summed E-state index contributed by atoms with van der Waals surface area (Å²) < 4.78 is 17.6. The molecule has 0 fully saturated rings. The normalized spacial score (nSPS) is 9.73. The number of nitrogens with two attached hydrogens (primary N) is 1. The van der Waals surface area contributed by atoms with Crippen molar-refractivity contribution in [2.75, 3.05) is 0 Å². The number of benzene rings is 1. The Bertz CT molecular complexity index is 404. The van der Waals surface area contributed by atoms with Gasteiger partial charge >= 0.3 is 5.97 Å². The van der Waals surface area contributed by atoms with Crippen molar-refractivity contribution < 1.29 is 18.7 Å². The number of hydrogen-bond donors (Lipinski definition) is 1. The standard InChI is InChI=1S/C10H10FNO3/c1-6(13)15-9-3-2-8(11)4-7(9)5-10(12)14/h2-4H,5H2,1H3,(H2,12,14). The lowest BCUT2D eigenvalue weighted by Crippen LogP contribution is -2.15. The maximum Gasteiger partial charge on any atom is 0.308 e. The third kappa shape index (κ3) is 3.38. The van der Waals surface area contributed by atoms with E-state index in [1.54, 1.807) is 0 Å². The molecule has 0 saturated carbocycles. The van der Waals surface area contributed by atoms with Crippen LogP contribution in [0, 0.1) is 5.82 Å². The first kappa shape index (κ1) is 11.2. The SMILES string of the molecule is CC(=O)Oc1ccc(F)cc1CC(N)=O. The third-order valence-electron chi connectivity index (χ3n) is 1.64. The van der Waals surface area contributed by atoms with Crippen molar-refractivity contribution in [1.29, 1.82) is 0 Å². The molecule has 0 spiro atoms. The fraction of sp³-hybridized carbons (Fsp3) is 0.200. The highest BCUT2D eigenvalue weighted by atomic mass is 19.1. The zero-order valence-corrected chi connectivity index (χ0v) is 8.12. The molecule has 80 valence electrons. The highest BCUT2D eigenvalue weighted by Gasteiger charge is 2.09. The van der Waals surface area contributed by atoms with Crippen molar-refractivity contribution in [3.8, 4) is 5.75 Å². The van der Waals surface area contributed by atoms with Crippen LogP contribution in [0.15, 0.2) is 18.2 Å².